The lowest BCUT2D eigenvalue weighted by atomic mass is 9.87. The first-order chi connectivity index (χ1) is 10.4. The molecule has 22 heavy (non-hydrogen) atoms. The molecule has 1 atom stereocenters. The minimum Gasteiger partial charge on any atom is -0.370 e. The Kier molecular flexibility index (Phi) is 5.58. The molecule has 0 unspecified atom stereocenters. The lowest BCUT2D eigenvalue weighted by molar-refractivity contribution is -0.117. The second-order valence-electron chi connectivity index (χ2n) is 5.96. The van der Waals surface area contributed by atoms with Crippen LogP contribution < -0.4 is 5.73 Å². The molecule has 0 fully saturated rings. The monoisotopic (exact) mass is 324 g/mol. The van der Waals surface area contributed by atoms with Crippen molar-refractivity contribution in [3.63, 3.8) is 0 Å². The number of nitrogens with two attached hydrogens (primary N) is 1. The SMILES string of the molecule is CN(CCS(=O)(=O)CCC(N)=O)[C@@H]1CCCc2ccccc21. The summed E-state index contributed by atoms with van der Waals surface area (Å²) in [6.45, 7) is 0.472. The van der Waals surface area contributed by atoms with Crippen molar-refractivity contribution in [1.82, 2.24) is 4.90 Å². The third-order valence-electron chi connectivity index (χ3n) is 4.28. The van der Waals surface area contributed by atoms with Crippen LogP contribution in [-0.2, 0) is 21.1 Å². The van der Waals surface area contributed by atoms with Crippen LogP contribution in [0.1, 0.15) is 36.4 Å². The molecular formula is C16H24N2O3S. The number of hydrogen-bond acceptors (Lipinski definition) is 4. The Bertz CT molecular complexity index is 628. The quantitative estimate of drug-likeness (QED) is 0.819. The van der Waals surface area contributed by atoms with Crippen LogP contribution in [0.4, 0.5) is 0 Å². The summed E-state index contributed by atoms with van der Waals surface area (Å²) in [4.78, 5) is 12.8. The van der Waals surface area contributed by atoms with Gasteiger partial charge in [-0.15, -0.1) is 0 Å². The Balaban J connectivity index is 1.96. The Morgan fingerprint density at radius 3 is 2.77 bits per heavy atom. The molecule has 2 N–H and O–H groups in total. The summed E-state index contributed by atoms with van der Waals surface area (Å²) in [5.74, 6) is -0.662. The minimum absolute atomic E-state index is 0.0649. The molecule has 0 saturated heterocycles. The number of sulfone groups is 1. The summed E-state index contributed by atoms with van der Waals surface area (Å²) < 4.78 is 23.9. The molecule has 1 aliphatic carbocycles. The fourth-order valence-electron chi connectivity index (χ4n) is 2.98. The topological polar surface area (TPSA) is 80.5 Å². The Hall–Kier alpha value is -1.40. The van der Waals surface area contributed by atoms with Crippen LogP contribution in [0.3, 0.4) is 0 Å². The largest absolute Gasteiger partial charge is 0.370 e. The van der Waals surface area contributed by atoms with Gasteiger partial charge < -0.3 is 5.73 Å². The van der Waals surface area contributed by atoms with Gasteiger partial charge in [0.25, 0.3) is 0 Å². The highest BCUT2D eigenvalue weighted by Crippen LogP contribution is 2.33. The van der Waals surface area contributed by atoms with E-state index in [0.29, 0.717) is 6.54 Å². The zero-order valence-electron chi connectivity index (χ0n) is 13.0. The standard InChI is InChI=1S/C16H24N2O3S/c1-18(10-12-22(20,21)11-9-16(17)19)15-8-4-6-13-5-2-3-7-14(13)15/h2-3,5,7,15H,4,6,8-12H2,1H3,(H2,17,19)/t15-/m1/s1. The summed E-state index contributed by atoms with van der Waals surface area (Å²) in [5, 5.41) is 0. The van der Waals surface area contributed by atoms with Crippen molar-refractivity contribution in [1.29, 1.82) is 0 Å². The van der Waals surface area contributed by atoms with E-state index in [0.717, 1.165) is 19.3 Å². The predicted molar refractivity (Wildman–Crippen MR) is 87.2 cm³/mol. The van der Waals surface area contributed by atoms with Crippen LogP contribution >= 0.6 is 0 Å². The van der Waals surface area contributed by atoms with E-state index in [4.69, 9.17) is 5.73 Å². The molecule has 1 aromatic rings. The van der Waals surface area contributed by atoms with Gasteiger partial charge >= 0.3 is 0 Å². The number of rotatable bonds is 7. The highest BCUT2D eigenvalue weighted by molar-refractivity contribution is 7.91. The van der Waals surface area contributed by atoms with Gasteiger partial charge in [0.05, 0.1) is 11.5 Å². The Morgan fingerprint density at radius 1 is 1.32 bits per heavy atom. The van der Waals surface area contributed by atoms with E-state index in [-0.39, 0.29) is 24.0 Å². The van der Waals surface area contributed by atoms with Crippen molar-refractivity contribution < 1.29 is 13.2 Å². The molecule has 122 valence electrons. The molecule has 0 aromatic heterocycles. The van der Waals surface area contributed by atoms with Crippen molar-refractivity contribution in [2.24, 2.45) is 5.73 Å². The van der Waals surface area contributed by atoms with Gasteiger partial charge in [0.15, 0.2) is 9.84 Å². The zero-order chi connectivity index (χ0) is 16.2. The second kappa shape index (κ2) is 7.24. The van der Waals surface area contributed by atoms with Crippen LogP contribution in [-0.4, -0.2) is 44.3 Å². The smallest absolute Gasteiger partial charge is 0.218 e. The number of carbonyl (C=O) groups is 1. The number of aryl methyl sites for hydroxylation is 1. The molecule has 0 aliphatic heterocycles. The van der Waals surface area contributed by atoms with Gasteiger partial charge in [0.2, 0.25) is 5.91 Å². The van der Waals surface area contributed by atoms with Crippen molar-refractivity contribution in [2.45, 2.75) is 31.7 Å². The normalized spacial score (nSPS) is 18.2. The molecule has 0 heterocycles. The van der Waals surface area contributed by atoms with Gasteiger partial charge in [-0.1, -0.05) is 24.3 Å². The summed E-state index contributed by atoms with van der Waals surface area (Å²) in [6, 6.07) is 8.65. The van der Waals surface area contributed by atoms with Gasteiger partial charge in [0.1, 0.15) is 0 Å². The highest BCUT2D eigenvalue weighted by atomic mass is 32.2. The molecule has 1 aromatic carbocycles. The maximum atomic E-state index is 11.9. The average molecular weight is 324 g/mol. The van der Waals surface area contributed by atoms with Gasteiger partial charge in [0, 0.05) is 19.0 Å². The second-order valence-corrected chi connectivity index (χ2v) is 8.26. The number of primary amides is 1. The van der Waals surface area contributed by atoms with Gasteiger partial charge in [-0.2, -0.15) is 0 Å². The summed E-state index contributed by atoms with van der Waals surface area (Å²) in [7, 11) is -1.26. The van der Waals surface area contributed by atoms with Crippen molar-refractivity contribution in [3.05, 3.63) is 35.4 Å². The summed E-state index contributed by atoms with van der Waals surface area (Å²) in [6.07, 6.45) is 3.17. The van der Waals surface area contributed by atoms with Crippen LogP contribution in [0.15, 0.2) is 24.3 Å². The van der Waals surface area contributed by atoms with E-state index in [1.54, 1.807) is 0 Å². The van der Waals surface area contributed by atoms with E-state index in [1.807, 2.05) is 13.1 Å². The van der Waals surface area contributed by atoms with Gasteiger partial charge in [-0.25, -0.2) is 8.42 Å². The molecule has 6 heteroatoms. The van der Waals surface area contributed by atoms with E-state index < -0.39 is 15.7 Å². The fourth-order valence-corrected chi connectivity index (χ4v) is 4.27. The number of amides is 1. The first kappa shape index (κ1) is 17.0. The van der Waals surface area contributed by atoms with Crippen molar-refractivity contribution in [3.8, 4) is 0 Å². The Morgan fingerprint density at radius 2 is 2.05 bits per heavy atom. The van der Waals surface area contributed by atoms with E-state index in [1.165, 1.54) is 11.1 Å². The highest BCUT2D eigenvalue weighted by Gasteiger charge is 2.24. The molecule has 0 radical (unpaired) electrons. The summed E-state index contributed by atoms with van der Waals surface area (Å²) in [5.41, 5.74) is 7.69. The number of fused-ring (bicyclic) bond motifs is 1. The average Bonchev–Trinajstić information content (AvgIpc) is 2.50. The van der Waals surface area contributed by atoms with Crippen molar-refractivity contribution >= 4 is 15.7 Å². The van der Waals surface area contributed by atoms with Crippen LogP contribution in [0.5, 0.6) is 0 Å². The number of benzene rings is 1. The third-order valence-corrected chi connectivity index (χ3v) is 5.92. The lowest BCUT2D eigenvalue weighted by Gasteiger charge is -2.33. The van der Waals surface area contributed by atoms with Crippen molar-refractivity contribution in [2.75, 3.05) is 25.1 Å². The molecular weight excluding hydrogens is 300 g/mol. The molecule has 0 bridgehead atoms. The zero-order valence-corrected chi connectivity index (χ0v) is 13.8. The first-order valence-corrected chi connectivity index (χ1v) is 9.48. The van der Waals surface area contributed by atoms with Gasteiger partial charge in [-0.3, -0.25) is 9.69 Å². The molecule has 0 saturated carbocycles. The fraction of sp³-hybridized carbons (Fsp3) is 0.562. The minimum atomic E-state index is -3.23. The third kappa shape index (κ3) is 4.55. The van der Waals surface area contributed by atoms with E-state index in [9.17, 15) is 13.2 Å². The Labute approximate surface area is 132 Å². The number of carbonyl (C=O) groups excluding carboxylic acids is 1. The lowest BCUT2D eigenvalue weighted by Crippen LogP contribution is -2.32. The summed E-state index contributed by atoms with van der Waals surface area (Å²) >= 11 is 0. The first-order valence-electron chi connectivity index (χ1n) is 7.66. The van der Waals surface area contributed by atoms with E-state index in [2.05, 4.69) is 23.1 Å². The molecule has 2 rings (SSSR count). The molecule has 1 aliphatic rings. The predicted octanol–water partition coefficient (Wildman–Crippen LogP) is 1.29. The van der Waals surface area contributed by atoms with Gasteiger partial charge in [-0.05, 0) is 37.4 Å². The maximum absolute atomic E-state index is 11.9. The van der Waals surface area contributed by atoms with Crippen LogP contribution in [0, 0.1) is 0 Å². The van der Waals surface area contributed by atoms with Crippen LogP contribution in [0.25, 0.3) is 0 Å². The molecule has 0 spiro atoms. The maximum Gasteiger partial charge on any atom is 0.218 e. The molecule has 5 nitrogen and oxygen atoms in total. The number of nitrogens with zero attached hydrogens (tertiary/aromatic N) is 1. The van der Waals surface area contributed by atoms with E-state index >= 15 is 0 Å². The van der Waals surface area contributed by atoms with Crippen LogP contribution in [0.2, 0.25) is 0 Å². The molecule has 1 amide bonds. The number of hydrogen-bond donors (Lipinski definition) is 1.